The molecule has 0 aliphatic heterocycles. The first kappa shape index (κ1) is 52.5. The largest absolute Gasteiger partial charge is 0.368 e. The number of hydrogen-bond acceptors (Lipinski definition) is 13. The molecule has 0 unspecified atom stereocenters. The molecule has 18 nitrogen and oxygen atoms in total. The van der Waals surface area contributed by atoms with Crippen LogP contribution >= 0.6 is 0 Å². The van der Waals surface area contributed by atoms with Crippen LogP contribution in [-0.4, -0.2) is 93.9 Å². The highest BCUT2D eigenvalue weighted by atomic mass is 16.2. The monoisotopic (exact) mass is 962 g/mol. The molecule has 5 amide bonds. The first-order chi connectivity index (χ1) is 34.4. The molecule has 6 heterocycles. The van der Waals surface area contributed by atoms with Crippen molar-refractivity contribution in [1.29, 1.82) is 0 Å². The zero-order valence-corrected chi connectivity index (χ0v) is 40.3. The van der Waals surface area contributed by atoms with Crippen LogP contribution in [-0.2, 0) is 76.1 Å². The standard InChI is InChI=1S/C53H63N13O5/c1-38(62-53(71)49(63-39(2)67)20-12-14-41-22-24-47(60-30-41)37-66(34-44-17-5-9-27-57-44)35-45-18-6-10-28-58-45)51(69)64-48(52(70)61-31-50(54)68)19-11-13-40-21-23-46(59-29-40)36-65(32-42-15-3-7-25-55-42)33-43-16-4-8-26-56-43/h3-10,15-18,21-30,38,48-49H,11-14,19-20,31-37H2,1-2H3,(H2,54,68)(H,61,70)(H,62,71)(H,63,67)(H,64,69)/t38-,48-,49-/m0/s1. The van der Waals surface area contributed by atoms with Gasteiger partial charge < -0.3 is 27.0 Å². The molecule has 3 atom stereocenters. The highest BCUT2D eigenvalue weighted by Crippen LogP contribution is 2.16. The van der Waals surface area contributed by atoms with Gasteiger partial charge in [-0.25, -0.2) is 0 Å². The van der Waals surface area contributed by atoms with Crippen molar-refractivity contribution < 1.29 is 24.0 Å². The quantitative estimate of drug-likeness (QED) is 0.0469. The minimum absolute atomic E-state index is 0.222. The van der Waals surface area contributed by atoms with Gasteiger partial charge in [0, 0.05) is 83.4 Å². The van der Waals surface area contributed by atoms with Gasteiger partial charge in [-0.2, -0.15) is 0 Å². The van der Waals surface area contributed by atoms with E-state index in [1.54, 1.807) is 31.0 Å². The SMILES string of the molecule is CC(=O)N[C@@H](CCCc1ccc(CN(Cc2ccccn2)Cc2ccccn2)nc1)C(=O)N[C@@H](C)C(=O)N[C@@H](CCCc1ccc(CN(Cc2ccccn2)Cc2ccccn2)nc1)C(=O)NCC(N)=O. The number of carbonyl (C=O) groups is 5. The van der Waals surface area contributed by atoms with Crippen LogP contribution in [0.25, 0.3) is 0 Å². The lowest BCUT2D eigenvalue weighted by Gasteiger charge is -2.23. The number of amides is 5. The second-order valence-corrected chi connectivity index (χ2v) is 17.4. The van der Waals surface area contributed by atoms with E-state index >= 15 is 0 Å². The topological polar surface area (TPSA) is 243 Å². The molecule has 0 saturated heterocycles. The Kier molecular flexibility index (Phi) is 20.7. The molecule has 6 aromatic heterocycles. The van der Waals surface area contributed by atoms with E-state index in [1.807, 2.05) is 103 Å². The Hall–Kier alpha value is -7.83. The third-order valence-corrected chi connectivity index (χ3v) is 11.4. The number of aromatic nitrogens is 6. The van der Waals surface area contributed by atoms with Gasteiger partial charge >= 0.3 is 0 Å². The summed E-state index contributed by atoms with van der Waals surface area (Å²) in [7, 11) is 0. The third kappa shape index (κ3) is 18.9. The Morgan fingerprint density at radius 1 is 0.493 bits per heavy atom. The van der Waals surface area contributed by atoms with E-state index < -0.39 is 54.2 Å². The molecule has 6 aromatic rings. The molecule has 18 heteroatoms. The minimum atomic E-state index is -1.07. The van der Waals surface area contributed by atoms with Crippen LogP contribution in [0.2, 0.25) is 0 Å². The molecule has 0 bridgehead atoms. The summed E-state index contributed by atoms with van der Waals surface area (Å²) < 4.78 is 0. The Balaban J connectivity index is 0.987. The summed E-state index contributed by atoms with van der Waals surface area (Å²) in [6, 6.07) is 28.3. The van der Waals surface area contributed by atoms with Crippen LogP contribution in [0.1, 0.15) is 84.8 Å². The van der Waals surface area contributed by atoms with Crippen molar-refractivity contribution in [2.24, 2.45) is 5.73 Å². The molecule has 0 aromatic carbocycles. The summed E-state index contributed by atoms with van der Waals surface area (Å²) in [5.74, 6) is -2.87. The van der Waals surface area contributed by atoms with Gasteiger partial charge in [0.25, 0.3) is 0 Å². The van der Waals surface area contributed by atoms with Crippen LogP contribution in [0.3, 0.4) is 0 Å². The fourth-order valence-electron chi connectivity index (χ4n) is 7.85. The molecule has 0 aliphatic rings. The zero-order valence-electron chi connectivity index (χ0n) is 40.3. The van der Waals surface area contributed by atoms with Crippen molar-refractivity contribution in [3.8, 4) is 0 Å². The number of nitrogens with one attached hydrogen (secondary N) is 4. The highest BCUT2D eigenvalue weighted by Gasteiger charge is 2.27. The van der Waals surface area contributed by atoms with Gasteiger partial charge in [-0.3, -0.25) is 63.7 Å². The van der Waals surface area contributed by atoms with Crippen molar-refractivity contribution >= 4 is 29.5 Å². The van der Waals surface area contributed by atoms with E-state index in [-0.39, 0.29) is 6.42 Å². The van der Waals surface area contributed by atoms with Gasteiger partial charge in [0.2, 0.25) is 29.5 Å². The average molecular weight is 962 g/mol. The Bertz CT molecular complexity index is 2500. The van der Waals surface area contributed by atoms with Crippen molar-refractivity contribution in [2.75, 3.05) is 6.54 Å². The van der Waals surface area contributed by atoms with Crippen LogP contribution in [0.4, 0.5) is 0 Å². The molecule has 71 heavy (non-hydrogen) atoms. The molecule has 0 fully saturated rings. The first-order valence-corrected chi connectivity index (χ1v) is 23.8. The summed E-state index contributed by atoms with van der Waals surface area (Å²) in [5, 5.41) is 10.6. The number of aryl methyl sites for hydroxylation is 2. The van der Waals surface area contributed by atoms with E-state index in [2.05, 4.69) is 51.0 Å². The van der Waals surface area contributed by atoms with E-state index in [1.165, 1.54) is 13.8 Å². The van der Waals surface area contributed by atoms with Gasteiger partial charge in [0.1, 0.15) is 18.1 Å². The maximum Gasteiger partial charge on any atom is 0.243 e. The number of nitrogens with two attached hydrogens (primary N) is 1. The number of rotatable bonds is 28. The molecule has 0 saturated carbocycles. The number of hydrogen-bond donors (Lipinski definition) is 5. The maximum absolute atomic E-state index is 13.5. The summed E-state index contributed by atoms with van der Waals surface area (Å²) in [6.07, 6.45) is 13.4. The average Bonchev–Trinajstić information content (AvgIpc) is 3.37. The van der Waals surface area contributed by atoms with E-state index in [0.29, 0.717) is 71.4 Å². The molecular formula is C53H63N13O5. The summed E-state index contributed by atoms with van der Waals surface area (Å²) in [6.45, 7) is 6.04. The van der Waals surface area contributed by atoms with Crippen LogP contribution in [0.5, 0.6) is 0 Å². The molecule has 370 valence electrons. The van der Waals surface area contributed by atoms with Gasteiger partial charge in [-0.05, 0) is 117 Å². The van der Waals surface area contributed by atoms with Crippen LogP contribution < -0.4 is 27.0 Å². The Morgan fingerprint density at radius 3 is 1.23 bits per heavy atom. The predicted molar refractivity (Wildman–Crippen MR) is 267 cm³/mol. The lowest BCUT2D eigenvalue weighted by Crippen LogP contribution is -2.56. The minimum Gasteiger partial charge on any atom is -0.368 e. The molecule has 0 spiro atoms. The number of pyridine rings is 6. The lowest BCUT2D eigenvalue weighted by molar-refractivity contribution is -0.133. The fraction of sp³-hybridized carbons (Fsp3) is 0.340. The fourth-order valence-corrected chi connectivity index (χ4v) is 7.85. The smallest absolute Gasteiger partial charge is 0.243 e. The summed E-state index contributed by atoms with van der Waals surface area (Å²) in [4.78, 5) is 95.9. The molecule has 6 N–H and O–H groups in total. The summed E-state index contributed by atoms with van der Waals surface area (Å²) >= 11 is 0. The second kappa shape index (κ2) is 28.0. The van der Waals surface area contributed by atoms with Crippen molar-refractivity contribution in [1.82, 2.24) is 61.0 Å². The van der Waals surface area contributed by atoms with Gasteiger partial charge in [0.15, 0.2) is 0 Å². The predicted octanol–water partition coefficient (Wildman–Crippen LogP) is 3.90. The molecular weight excluding hydrogens is 899 g/mol. The highest BCUT2D eigenvalue weighted by molar-refractivity contribution is 5.94. The van der Waals surface area contributed by atoms with Crippen molar-refractivity contribution in [3.05, 3.63) is 180 Å². The van der Waals surface area contributed by atoms with E-state index in [0.717, 1.165) is 45.3 Å². The molecule has 0 aliphatic carbocycles. The van der Waals surface area contributed by atoms with Crippen molar-refractivity contribution in [3.63, 3.8) is 0 Å². The van der Waals surface area contributed by atoms with Gasteiger partial charge in [-0.1, -0.05) is 36.4 Å². The Labute approximate surface area is 414 Å². The van der Waals surface area contributed by atoms with Crippen molar-refractivity contribution in [2.45, 2.75) is 110 Å². The number of primary amides is 1. The first-order valence-electron chi connectivity index (χ1n) is 23.8. The summed E-state index contributed by atoms with van der Waals surface area (Å²) in [5.41, 5.74) is 12.7. The van der Waals surface area contributed by atoms with Crippen LogP contribution in [0.15, 0.2) is 134 Å². The normalized spacial score (nSPS) is 12.4. The molecule has 6 rings (SSSR count). The van der Waals surface area contributed by atoms with E-state index in [9.17, 15) is 24.0 Å². The second-order valence-electron chi connectivity index (χ2n) is 17.4. The van der Waals surface area contributed by atoms with Gasteiger partial charge in [-0.15, -0.1) is 0 Å². The third-order valence-electron chi connectivity index (χ3n) is 11.4. The maximum atomic E-state index is 13.5. The zero-order chi connectivity index (χ0) is 50.2. The van der Waals surface area contributed by atoms with Crippen LogP contribution in [0, 0.1) is 0 Å². The van der Waals surface area contributed by atoms with Gasteiger partial charge in [0.05, 0.1) is 40.7 Å². The Morgan fingerprint density at radius 2 is 0.887 bits per heavy atom. The number of carbonyl (C=O) groups excluding carboxylic acids is 5. The number of nitrogens with zero attached hydrogens (tertiary/aromatic N) is 8. The van der Waals surface area contributed by atoms with E-state index in [4.69, 9.17) is 15.7 Å². The lowest BCUT2D eigenvalue weighted by atomic mass is 10.0. The molecule has 0 radical (unpaired) electrons.